The lowest BCUT2D eigenvalue weighted by Gasteiger charge is -2.22. The Hall–Kier alpha value is -6.94. The maximum absolute atomic E-state index is 12.8. The van der Waals surface area contributed by atoms with E-state index < -0.39 is 25.6 Å². The van der Waals surface area contributed by atoms with Crippen LogP contribution in [-0.4, -0.2) is 80.9 Å². The van der Waals surface area contributed by atoms with Gasteiger partial charge in [-0.1, -0.05) is 12.1 Å². The zero-order valence-corrected chi connectivity index (χ0v) is 48.3. The summed E-state index contributed by atoms with van der Waals surface area (Å²) in [7, 11) is -5.77. The molecule has 0 radical (unpaired) electrons. The summed E-state index contributed by atoms with van der Waals surface area (Å²) in [5.41, 5.74) is 6.53. The second kappa shape index (κ2) is 23.3. The maximum Gasteiger partial charge on any atom is 0.241 e. The SMILES string of the molecule is CNS(=O)(=O)c1cc(Nc2nc(NC(C)(C)C)ncc2C)ccc1C.Cc1ccc(Nc2nc(NC(C)(C)C)ncc2C)cc1S(=O)(=O)NC(C)(C)C.Cc1cnc(NC(C)(C)C)nc1Nc1ccc2[nH]ccc2c1. The molecule has 3 aromatic carbocycles. The van der Waals surface area contributed by atoms with Crippen molar-refractivity contribution in [3.05, 3.63) is 113 Å². The van der Waals surface area contributed by atoms with E-state index in [1.807, 2.05) is 114 Å². The number of nitrogens with zero attached hydrogens (tertiary/aromatic N) is 6. The number of sulfonamides is 2. The highest BCUT2D eigenvalue weighted by Crippen LogP contribution is 2.28. The molecule has 7 aromatic rings. The molecule has 0 bridgehead atoms. The van der Waals surface area contributed by atoms with Crippen molar-refractivity contribution in [1.82, 2.24) is 44.3 Å². The van der Waals surface area contributed by atoms with Crippen LogP contribution in [0.1, 0.15) is 111 Å². The summed E-state index contributed by atoms with van der Waals surface area (Å²) in [5.74, 6) is 3.71. The van der Waals surface area contributed by atoms with E-state index in [4.69, 9.17) is 0 Å². The van der Waals surface area contributed by atoms with Crippen molar-refractivity contribution in [3.8, 4) is 0 Å². The first kappa shape index (κ1) is 58.9. The summed E-state index contributed by atoms with van der Waals surface area (Å²) >= 11 is 0. The Balaban J connectivity index is 0.000000209. The fourth-order valence-electron chi connectivity index (χ4n) is 6.94. The highest BCUT2D eigenvalue weighted by Gasteiger charge is 2.25. The second-order valence-corrected chi connectivity index (χ2v) is 26.0. The van der Waals surface area contributed by atoms with E-state index in [2.05, 4.69) is 115 Å². The third-order valence-corrected chi connectivity index (χ3v) is 13.8. The van der Waals surface area contributed by atoms with Crippen molar-refractivity contribution < 1.29 is 16.8 Å². The highest BCUT2D eigenvalue weighted by molar-refractivity contribution is 7.89. The van der Waals surface area contributed by atoms with Gasteiger partial charge in [0, 0.05) is 91.6 Å². The average Bonchev–Trinajstić information content (AvgIpc) is 3.75. The van der Waals surface area contributed by atoms with E-state index in [0.717, 1.165) is 33.7 Å². The molecule has 0 aliphatic heterocycles. The molecule has 0 saturated heterocycles. The van der Waals surface area contributed by atoms with Crippen LogP contribution in [-0.2, 0) is 20.0 Å². The van der Waals surface area contributed by atoms with Crippen molar-refractivity contribution in [3.63, 3.8) is 0 Å². The number of fused-ring (bicyclic) bond motifs is 1. The van der Waals surface area contributed by atoms with Gasteiger partial charge in [0.25, 0.3) is 0 Å². The number of aromatic amines is 1. The number of aryl methyl sites for hydroxylation is 5. The number of hydrogen-bond acceptors (Lipinski definition) is 16. The molecule has 9 N–H and O–H groups in total. The van der Waals surface area contributed by atoms with E-state index in [1.165, 1.54) is 12.4 Å². The van der Waals surface area contributed by atoms with Gasteiger partial charge in [-0.15, -0.1) is 0 Å². The molecule has 19 nitrogen and oxygen atoms in total. The number of aromatic nitrogens is 7. The van der Waals surface area contributed by atoms with Gasteiger partial charge in [-0.3, -0.25) is 0 Å². The van der Waals surface area contributed by atoms with Gasteiger partial charge in [0.1, 0.15) is 17.5 Å². The Morgan fingerprint density at radius 2 is 0.800 bits per heavy atom. The first-order valence-electron chi connectivity index (χ1n) is 24.5. The molecule has 0 atom stereocenters. The van der Waals surface area contributed by atoms with Crippen molar-refractivity contribution >= 4 is 83.3 Å². The van der Waals surface area contributed by atoms with Crippen molar-refractivity contribution in [1.29, 1.82) is 0 Å². The van der Waals surface area contributed by atoms with Crippen LogP contribution >= 0.6 is 0 Å². The largest absolute Gasteiger partial charge is 0.361 e. The van der Waals surface area contributed by atoms with Gasteiger partial charge < -0.3 is 36.9 Å². The smallest absolute Gasteiger partial charge is 0.241 e. The first-order chi connectivity index (χ1) is 34.6. The fourth-order valence-corrected chi connectivity index (χ4v) is 9.62. The van der Waals surface area contributed by atoms with Crippen molar-refractivity contribution in [2.75, 3.05) is 38.9 Å². The molecule has 0 aliphatic carbocycles. The lowest BCUT2D eigenvalue weighted by atomic mass is 10.1. The van der Waals surface area contributed by atoms with Gasteiger partial charge in [-0.2, -0.15) is 15.0 Å². The van der Waals surface area contributed by atoms with Crippen LogP contribution in [0.4, 0.5) is 52.4 Å². The Kier molecular flexibility index (Phi) is 18.3. The number of hydrogen-bond donors (Lipinski definition) is 9. The molecule has 0 amide bonds. The van der Waals surface area contributed by atoms with Gasteiger partial charge in [0.15, 0.2) is 0 Å². The molecule has 75 heavy (non-hydrogen) atoms. The number of anilines is 9. The van der Waals surface area contributed by atoms with E-state index in [0.29, 0.717) is 52.0 Å². The van der Waals surface area contributed by atoms with E-state index in [9.17, 15) is 16.8 Å². The van der Waals surface area contributed by atoms with Crippen LogP contribution < -0.4 is 41.3 Å². The molecule has 21 heteroatoms. The molecule has 4 aromatic heterocycles. The molecule has 0 saturated carbocycles. The highest BCUT2D eigenvalue weighted by atomic mass is 32.2. The van der Waals surface area contributed by atoms with Gasteiger partial charge in [-0.05, 0) is 184 Å². The van der Waals surface area contributed by atoms with E-state index in [1.54, 1.807) is 50.5 Å². The van der Waals surface area contributed by atoms with Crippen LogP contribution in [0.3, 0.4) is 0 Å². The second-order valence-electron chi connectivity index (χ2n) is 22.5. The minimum Gasteiger partial charge on any atom is -0.361 e. The Bertz CT molecular complexity index is 3330. The molecule has 0 fully saturated rings. The summed E-state index contributed by atoms with van der Waals surface area (Å²) in [4.78, 5) is 30.2. The number of H-pyrrole nitrogens is 1. The quantitative estimate of drug-likeness (QED) is 0.0520. The molecule has 0 unspecified atom stereocenters. The van der Waals surface area contributed by atoms with E-state index >= 15 is 0 Å². The molecule has 4 heterocycles. The van der Waals surface area contributed by atoms with Crippen LogP contribution in [0.25, 0.3) is 10.9 Å². The van der Waals surface area contributed by atoms with Gasteiger partial charge >= 0.3 is 0 Å². The number of nitrogens with one attached hydrogen (secondary N) is 9. The topological polar surface area (TPSA) is 258 Å². The number of benzene rings is 3. The molecule has 0 spiro atoms. The minimum atomic E-state index is -3.64. The third kappa shape index (κ3) is 18.1. The summed E-state index contributed by atoms with van der Waals surface area (Å²) < 4.78 is 54.9. The Morgan fingerprint density at radius 3 is 1.16 bits per heavy atom. The predicted octanol–water partition coefficient (Wildman–Crippen LogP) is 11.3. The van der Waals surface area contributed by atoms with Crippen LogP contribution in [0, 0.1) is 34.6 Å². The molecule has 404 valence electrons. The van der Waals surface area contributed by atoms with Gasteiger partial charge in [0.2, 0.25) is 37.9 Å². The minimum absolute atomic E-state index is 0.0729. The lowest BCUT2D eigenvalue weighted by molar-refractivity contribution is 0.491. The number of rotatable bonds is 13. The zero-order chi connectivity index (χ0) is 55.9. The zero-order valence-electron chi connectivity index (χ0n) is 46.7. The molecule has 7 rings (SSSR count). The van der Waals surface area contributed by atoms with Crippen LogP contribution in [0.5, 0.6) is 0 Å². The van der Waals surface area contributed by atoms with Gasteiger partial charge in [-0.25, -0.2) is 41.2 Å². The van der Waals surface area contributed by atoms with Crippen molar-refractivity contribution in [2.24, 2.45) is 0 Å². The summed E-state index contributed by atoms with van der Waals surface area (Å²) in [5, 5.41) is 20.7. The third-order valence-electron chi connectivity index (χ3n) is 10.4. The lowest BCUT2D eigenvalue weighted by Crippen LogP contribution is -2.40. The summed E-state index contributed by atoms with van der Waals surface area (Å²) in [6.45, 7) is 33.2. The molecule has 0 aliphatic rings. The maximum atomic E-state index is 12.8. The summed E-state index contributed by atoms with van der Waals surface area (Å²) in [6.07, 6.45) is 7.23. The first-order valence-corrected chi connectivity index (χ1v) is 27.5. The molecular formula is C54H77N15O4S2. The normalized spacial score (nSPS) is 12.2. The Labute approximate surface area is 444 Å². The summed E-state index contributed by atoms with van der Waals surface area (Å²) in [6, 6.07) is 18.7. The fraction of sp³-hybridized carbons (Fsp3) is 0.407. The Morgan fingerprint density at radius 1 is 0.440 bits per heavy atom. The van der Waals surface area contributed by atoms with Crippen LogP contribution in [0.2, 0.25) is 0 Å². The van der Waals surface area contributed by atoms with Gasteiger partial charge in [0.05, 0.1) is 9.79 Å². The standard InChI is InChI=1S/C20H31N5O2S.C17H25N5O2S.C17H21N5/c1-13-9-10-15(11-16(13)28(26,27)25-20(6,7)8)22-17-14(2)12-21-18(23-17)24-19(3,4)5;1-11-7-8-13(9-14(11)25(23,24)18-6)20-15-12(2)10-19-16(21-15)22-17(3,4)5;1-11-10-19-16(22-17(2,3)4)21-15(11)20-13-5-6-14-12(9-13)7-8-18-14/h9-12,25H,1-8H3,(H2,21,22,23,24);7-10,18H,1-6H3,(H2,19,20,21,22);5-10,18H,1-4H3,(H2,19,20,21,22). The van der Waals surface area contributed by atoms with E-state index in [-0.39, 0.29) is 26.4 Å². The van der Waals surface area contributed by atoms with Crippen molar-refractivity contribution in [2.45, 2.75) is 150 Å². The predicted molar refractivity (Wildman–Crippen MR) is 307 cm³/mol. The monoisotopic (exact) mass is 1060 g/mol. The molecular weight excluding hydrogens is 987 g/mol. The average molecular weight is 1060 g/mol. The van der Waals surface area contributed by atoms with Crippen LogP contribution in [0.15, 0.2) is 95.2 Å².